The molecular formula is C11H8N4OS. The standard InChI is InChI=1S/C11H8N4OS/c1-6-9(17-11(15-6)10(13)16)8-2-3-14-5-7(8)4-12/h2-3,5H,1H3,(H2,13,16). The average Bonchev–Trinajstić information content (AvgIpc) is 2.71. The molecule has 2 N–H and O–H groups in total. The van der Waals surface area contributed by atoms with Crippen molar-refractivity contribution >= 4 is 17.2 Å². The van der Waals surface area contributed by atoms with E-state index in [2.05, 4.69) is 16.0 Å². The van der Waals surface area contributed by atoms with Crippen LogP contribution >= 0.6 is 11.3 Å². The number of thiazole rings is 1. The van der Waals surface area contributed by atoms with Crippen molar-refractivity contribution in [2.24, 2.45) is 5.73 Å². The monoisotopic (exact) mass is 244 g/mol. The molecule has 0 radical (unpaired) electrons. The molecule has 2 rings (SSSR count). The maximum absolute atomic E-state index is 11.0. The molecule has 84 valence electrons. The van der Waals surface area contributed by atoms with Crippen molar-refractivity contribution < 1.29 is 4.79 Å². The van der Waals surface area contributed by atoms with Gasteiger partial charge in [0.25, 0.3) is 5.91 Å². The summed E-state index contributed by atoms with van der Waals surface area (Å²) in [6, 6.07) is 3.79. The van der Waals surface area contributed by atoms with Gasteiger partial charge in [0.2, 0.25) is 0 Å². The van der Waals surface area contributed by atoms with Crippen molar-refractivity contribution in [2.75, 3.05) is 0 Å². The van der Waals surface area contributed by atoms with E-state index in [0.29, 0.717) is 11.3 Å². The van der Waals surface area contributed by atoms with Gasteiger partial charge in [0.05, 0.1) is 16.1 Å². The number of aryl methyl sites for hydroxylation is 1. The Labute approximate surface area is 102 Å². The van der Waals surface area contributed by atoms with Gasteiger partial charge in [-0.1, -0.05) is 0 Å². The highest BCUT2D eigenvalue weighted by molar-refractivity contribution is 7.17. The molecule has 0 aromatic carbocycles. The Balaban J connectivity index is 2.61. The zero-order valence-electron chi connectivity index (χ0n) is 8.97. The van der Waals surface area contributed by atoms with Crippen LogP contribution in [0.1, 0.15) is 21.1 Å². The molecule has 17 heavy (non-hydrogen) atoms. The second kappa shape index (κ2) is 4.31. The van der Waals surface area contributed by atoms with E-state index in [9.17, 15) is 4.79 Å². The summed E-state index contributed by atoms with van der Waals surface area (Å²) in [4.78, 5) is 19.8. The first kappa shape index (κ1) is 11.2. The lowest BCUT2D eigenvalue weighted by atomic mass is 10.1. The van der Waals surface area contributed by atoms with Gasteiger partial charge >= 0.3 is 0 Å². The van der Waals surface area contributed by atoms with Gasteiger partial charge in [0.1, 0.15) is 6.07 Å². The molecule has 2 heterocycles. The van der Waals surface area contributed by atoms with Crippen LogP contribution in [0, 0.1) is 18.3 Å². The largest absolute Gasteiger partial charge is 0.364 e. The van der Waals surface area contributed by atoms with Crippen LogP contribution in [-0.2, 0) is 0 Å². The number of nitrogens with zero attached hydrogens (tertiary/aromatic N) is 3. The van der Waals surface area contributed by atoms with Gasteiger partial charge in [-0.05, 0) is 13.0 Å². The molecule has 0 spiro atoms. The molecule has 0 aliphatic carbocycles. The van der Waals surface area contributed by atoms with E-state index in [1.54, 1.807) is 19.2 Å². The van der Waals surface area contributed by atoms with Crippen LogP contribution in [0.5, 0.6) is 0 Å². The van der Waals surface area contributed by atoms with E-state index in [0.717, 1.165) is 10.4 Å². The lowest BCUT2D eigenvalue weighted by Gasteiger charge is -1.99. The van der Waals surface area contributed by atoms with Gasteiger partial charge < -0.3 is 5.73 Å². The van der Waals surface area contributed by atoms with Crippen LogP contribution in [-0.4, -0.2) is 15.9 Å². The van der Waals surface area contributed by atoms with Crippen LogP contribution in [0.25, 0.3) is 10.4 Å². The fraction of sp³-hybridized carbons (Fsp3) is 0.0909. The molecular weight excluding hydrogens is 236 g/mol. The van der Waals surface area contributed by atoms with Crippen LogP contribution in [0.4, 0.5) is 0 Å². The van der Waals surface area contributed by atoms with Gasteiger partial charge in [-0.15, -0.1) is 11.3 Å². The number of hydrogen-bond acceptors (Lipinski definition) is 5. The Morgan fingerprint density at radius 2 is 2.35 bits per heavy atom. The molecule has 0 aliphatic heterocycles. The predicted molar refractivity (Wildman–Crippen MR) is 63.3 cm³/mol. The maximum atomic E-state index is 11.0. The first-order valence-corrected chi connectivity index (χ1v) is 5.57. The summed E-state index contributed by atoms with van der Waals surface area (Å²) in [5.74, 6) is -0.558. The molecule has 0 unspecified atom stereocenters. The Morgan fingerprint density at radius 3 is 2.94 bits per heavy atom. The van der Waals surface area contributed by atoms with Crippen LogP contribution in [0.15, 0.2) is 18.5 Å². The van der Waals surface area contributed by atoms with Gasteiger partial charge in [-0.2, -0.15) is 5.26 Å². The highest BCUT2D eigenvalue weighted by atomic mass is 32.1. The topological polar surface area (TPSA) is 92.7 Å². The highest BCUT2D eigenvalue weighted by Crippen LogP contribution is 2.31. The molecule has 0 fully saturated rings. The minimum Gasteiger partial charge on any atom is -0.364 e. The first-order valence-electron chi connectivity index (χ1n) is 4.75. The summed E-state index contributed by atoms with van der Waals surface area (Å²) in [5, 5.41) is 9.24. The molecule has 0 aliphatic rings. The summed E-state index contributed by atoms with van der Waals surface area (Å²) in [6.45, 7) is 1.78. The fourth-order valence-corrected chi connectivity index (χ4v) is 2.39. The van der Waals surface area contributed by atoms with E-state index in [4.69, 9.17) is 11.0 Å². The summed E-state index contributed by atoms with van der Waals surface area (Å²) < 4.78 is 0. The number of nitrogens with two attached hydrogens (primary N) is 1. The summed E-state index contributed by atoms with van der Waals surface area (Å²) in [5.41, 5.74) is 7.04. The lowest BCUT2D eigenvalue weighted by Crippen LogP contribution is -2.10. The zero-order chi connectivity index (χ0) is 12.4. The number of carbonyl (C=O) groups excluding carboxylic acids is 1. The average molecular weight is 244 g/mol. The number of carbonyl (C=O) groups is 1. The SMILES string of the molecule is Cc1nc(C(N)=O)sc1-c1ccncc1C#N. The maximum Gasteiger partial charge on any atom is 0.277 e. The van der Waals surface area contributed by atoms with E-state index >= 15 is 0 Å². The number of rotatable bonds is 2. The first-order chi connectivity index (χ1) is 8.13. The van der Waals surface area contributed by atoms with Gasteiger partial charge in [0.15, 0.2) is 5.01 Å². The van der Waals surface area contributed by atoms with Crippen LogP contribution in [0.2, 0.25) is 0 Å². The van der Waals surface area contributed by atoms with Crippen molar-refractivity contribution in [3.05, 3.63) is 34.7 Å². The van der Waals surface area contributed by atoms with Gasteiger partial charge in [-0.3, -0.25) is 9.78 Å². The molecule has 1 amide bonds. The summed E-state index contributed by atoms with van der Waals surface area (Å²) in [7, 11) is 0. The Bertz CT molecular complexity index is 627. The quantitative estimate of drug-likeness (QED) is 0.865. The van der Waals surface area contributed by atoms with Crippen molar-refractivity contribution in [3.63, 3.8) is 0 Å². The van der Waals surface area contributed by atoms with E-state index < -0.39 is 5.91 Å². The third-order valence-corrected chi connectivity index (χ3v) is 3.40. The Kier molecular flexibility index (Phi) is 2.85. The van der Waals surface area contributed by atoms with E-state index in [1.165, 1.54) is 17.5 Å². The molecule has 0 saturated carbocycles. The number of nitriles is 1. The van der Waals surface area contributed by atoms with Crippen LogP contribution in [0.3, 0.4) is 0 Å². The predicted octanol–water partition coefficient (Wildman–Crippen LogP) is 1.48. The fourth-order valence-electron chi connectivity index (χ4n) is 1.43. The molecule has 0 saturated heterocycles. The van der Waals surface area contributed by atoms with Crippen molar-refractivity contribution in [2.45, 2.75) is 6.92 Å². The van der Waals surface area contributed by atoms with Crippen molar-refractivity contribution in [3.8, 4) is 16.5 Å². The molecule has 0 atom stereocenters. The second-order valence-electron chi connectivity index (χ2n) is 3.33. The lowest BCUT2D eigenvalue weighted by molar-refractivity contribution is 0.1000. The van der Waals surface area contributed by atoms with Gasteiger partial charge in [-0.25, -0.2) is 4.98 Å². The van der Waals surface area contributed by atoms with Crippen molar-refractivity contribution in [1.82, 2.24) is 9.97 Å². The molecule has 2 aromatic heterocycles. The zero-order valence-corrected chi connectivity index (χ0v) is 9.78. The minimum atomic E-state index is -0.558. The molecule has 0 bridgehead atoms. The highest BCUT2D eigenvalue weighted by Gasteiger charge is 2.15. The number of amides is 1. The smallest absolute Gasteiger partial charge is 0.277 e. The Hall–Kier alpha value is -2.26. The molecule has 2 aromatic rings. The van der Waals surface area contributed by atoms with Crippen LogP contribution < -0.4 is 5.73 Å². The second-order valence-corrected chi connectivity index (χ2v) is 4.33. The normalized spacial score (nSPS) is 9.88. The summed E-state index contributed by atoms with van der Waals surface area (Å²) in [6.07, 6.45) is 3.08. The van der Waals surface area contributed by atoms with E-state index in [-0.39, 0.29) is 5.01 Å². The molecule has 6 heteroatoms. The number of primary amides is 1. The van der Waals surface area contributed by atoms with E-state index in [1.807, 2.05) is 0 Å². The number of aromatic nitrogens is 2. The third kappa shape index (κ3) is 2.00. The third-order valence-electron chi connectivity index (χ3n) is 2.19. The van der Waals surface area contributed by atoms with Gasteiger partial charge in [0, 0.05) is 18.0 Å². The number of pyridine rings is 1. The number of hydrogen-bond donors (Lipinski definition) is 1. The summed E-state index contributed by atoms with van der Waals surface area (Å²) >= 11 is 1.19. The molecule has 5 nitrogen and oxygen atoms in total. The van der Waals surface area contributed by atoms with Crippen molar-refractivity contribution in [1.29, 1.82) is 5.26 Å². The Morgan fingerprint density at radius 1 is 1.59 bits per heavy atom. The minimum absolute atomic E-state index is 0.248.